The van der Waals surface area contributed by atoms with E-state index in [1.165, 1.54) is 0 Å². The second kappa shape index (κ2) is 5.47. The Labute approximate surface area is 98.7 Å². The summed E-state index contributed by atoms with van der Waals surface area (Å²) >= 11 is 0. The Balaban J connectivity index is 2.13. The van der Waals surface area contributed by atoms with Crippen molar-refractivity contribution in [2.75, 3.05) is 24.7 Å². The largest absolute Gasteiger partial charge is 0.374 e. The molecule has 1 aliphatic rings. The van der Waals surface area contributed by atoms with Crippen molar-refractivity contribution in [3.8, 4) is 0 Å². The molecule has 96 valence electrons. The van der Waals surface area contributed by atoms with E-state index in [1.807, 2.05) is 0 Å². The fraction of sp³-hybridized carbons (Fsp3) is 1.00. The van der Waals surface area contributed by atoms with Gasteiger partial charge in [0.25, 0.3) is 0 Å². The maximum absolute atomic E-state index is 11.2. The highest BCUT2D eigenvalue weighted by atomic mass is 32.2. The van der Waals surface area contributed by atoms with E-state index in [4.69, 9.17) is 4.74 Å². The van der Waals surface area contributed by atoms with Gasteiger partial charge < -0.3 is 10.1 Å². The van der Waals surface area contributed by atoms with Crippen molar-refractivity contribution in [2.24, 2.45) is 0 Å². The average Bonchev–Trinajstić information content (AvgIpc) is 2.53. The predicted molar refractivity (Wildman–Crippen MR) is 65.4 cm³/mol. The SMILES string of the molecule is CCC(C)(C)OCCNC1CCS(=O)(=O)C1. The molecular weight excluding hydrogens is 226 g/mol. The van der Waals surface area contributed by atoms with Crippen molar-refractivity contribution in [1.29, 1.82) is 0 Å². The smallest absolute Gasteiger partial charge is 0.151 e. The van der Waals surface area contributed by atoms with Crippen LogP contribution in [0.1, 0.15) is 33.6 Å². The van der Waals surface area contributed by atoms with Crippen LogP contribution in [0.3, 0.4) is 0 Å². The van der Waals surface area contributed by atoms with Gasteiger partial charge in [-0.2, -0.15) is 0 Å². The van der Waals surface area contributed by atoms with Gasteiger partial charge in [0.15, 0.2) is 9.84 Å². The molecule has 1 N–H and O–H groups in total. The Morgan fingerprint density at radius 3 is 2.62 bits per heavy atom. The molecule has 0 radical (unpaired) electrons. The molecule has 0 spiro atoms. The van der Waals surface area contributed by atoms with Gasteiger partial charge in [0.2, 0.25) is 0 Å². The number of hydrogen-bond acceptors (Lipinski definition) is 4. The van der Waals surface area contributed by atoms with Crippen molar-refractivity contribution in [2.45, 2.75) is 45.3 Å². The van der Waals surface area contributed by atoms with E-state index in [1.54, 1.807) is 0 Å². The first-order valence-corrected chi connectivity index (χ1v) is 7.74. The highest BCUT2D eigenvalue weighted by molar-refractivity contribution is 7.91. The zero-order valence-electron chi connectivity index (χ0n) is 10.5. The van der Waals surface area contributed by atoms with E-state index >= 15 is 0 Å². The Bertz CT molecular complexity index is 311. The standard InChI is InChI=1S/C11H23NO3S/c1-4-11(2,3)15-7-6-12-10-5-8-16(13,14)9-10/h10,12H,4-9H2,1-3H3. The monoisotopic (exact) mass is 249 g/mol. The molecule has 0 aromatic heterocycles. The van der Waals surface area contributed by atoms with E-state index in [0.29, 0.717) is 12.4 Å². The summed E-state index contributed by atoms with van der Waals surface area (Å²) in [6.07, 6.45) is 1.71. The minimum Gasteiger partial charge on any atom is -0.374 e. The third kappa shape index (κ3) is 4.80. The zero-order valence-corrected chi connectivity index (χ0v) is 11.3. The van der Waals surface area contributed by atoms with Crippen LogP contribution in [0.25, 0.3) is 0 Å². The van der Waals surface area contributed by atoms with Gasteiger partial charge >= 0.3 is 0 Å². The third-order valence-electron chi connectivity index (χ3n) is 3.11. The van der Waals surface area contributed by atoms with Crippen LogP contribution in [0.4, 0.5) is 0 Å². The molecule has 0 amide bonds. The van der Waals surface area contributed by atoms with Gasteiger partial charge in [0, 0.05) is 12.6 Å². The molecule has 1 heterocycles. The first kappa shape index (κ1) is 13.9. The maximum Gasteiger partial charge on any atom is 0.151 e. The third-order valence-corrected chi connectivity index (χ3v) is 4.88. The lowest BCUT2D eigenvalue weighted by Crippen LogP contribution is -2.35. The fourth-order valence-corrected chi connectivity index (χ4v) is 3.36. The Morgan fingerprint density at radius 2 is 2.12 bits per heavy atom. The number of hydrogen-bond donors (Lipinski definition) is 1. The van der Waals surface area contributed by atoms with Crippen molar-refractivity contribution >= 4 is 9.84 Å². The quantitative estimate of drug-likeness (QED) is 0.713. The zero-order chi connectivity index (χ0) is 12.2. The molecule has 5 heteroatoms. The van der Waals surface area contributed by atoms with Gasteiger partial charge in [0.1, 0.15) is 0 Å². The van der Waals surface area contributed by atoms with E-state index in [2.05, 4.69) is 26.1 Å². The van der Waals surface area contributed by atoms with Crippen LogP contribution >= 0.6 is 0 Å². The lowest BCUT2D eigenvalue weighted by Gasteiger charge is -2.24. The first-order chi connectivity index (χ1) is 7.35. The van der Waals surface area contributed by atoms with Crippen molar-refractivity contribution in [3.05, 3.63) is 0 Å². The summed E-state index contributed by atoms with van der Waals surface area (Å²) in [6.45, 7) is 7.58. The number of sulfone groups is 1. The molecule has 0 aromatic rings. The van der Waals surface area contributed by atoms with Crippen LogP contribution in [0, 0.1) is 0 Å². The second-order valence-electron chi connectivity index (χ2n) is 5.02. The molecule has 1 atom stereocenters. The van der Waals surface area contributed by atoms with Crippen LogP contribution in [0.5, 0.6) is 0 Å². The van der Waals surface area contributed by atoms with Gasteiger partial charge in [-0.3, -0.25) is 0 Å². The lowest BCUT2D eigenvalue weighted by atomic mass is 10.1. The maximum atomic E-state index is 11.2. The van der Waals surface area contributed by atoms with Crippen molar-refractivity contribution < 1.29 is 13.2 Å². The molecular formula is C11H23NO3S. The van der Waals surface area contributed by atoms with Crippen LogP contribution in [0.2, 0.25) is 0 Å². The minimum atomic E-state index is -2.77. The van der Waals surface area contributed by atoms with E-state index in [-0.39, 0.29) is 17.4 Å². The van der Waals surface area contributed by atoms with Crippen LogP contribution in [-0.4, -0.2) is 44.7 Å². The van der Waals surface area contributed by atoms with Gasteiger partial charge in [0.05, 0.1) is 23.7 Å². The summed E-state index contributed by atoms with van der Waals surface area (Å²) in [7, 11) is -2.77. The van der Waals surface area contributed by atoms with Gasteiger partial charge in [-0.1, -0.05) is 6.92 Å². The normalized spacial score (nSPS) is 24.8. The molecule has 1 rings (SSSR count). The van der Waals surface area contributed by atoms with Gasteiger partial charge in [-0.05, 0) is 26.7 Å². The van der Waals surface area contributed by atoms with Gasteiger partial charge in [-0.15, -0.1) is 0 Å². The Kier molecular flexibility index (Phi) is 4.76. The Hall–Kier alpha value is -0.130. The molecule has 0 saturated carbocycles. The average molecular weight is 249 g/mol. The van der Waals surface area contributed by atoms with E-state index < -0.39 is 9.84 Å². The summed E-state index contributed by atoms with van der Waals surface area (Å²) < 4.78 is 28.1. The van der Waals surface area contributed by atoms with E-state index in [9.17, 15) is 8.42 Å². The molecule has 0 bridgehead atoms. The summed E-state index contributed by atoms with van der Waals surface area (Å²) in [6, 6.07) is 0.123. The van der Waals surface area contributed by atoms with Crippen molar-refractivity contribution in [1.82, 2.24) is 5.32 Å². The fourth-order valence-electron chi connectivity index (χ4n) is 1.65. The number of ether oxygens (including phenoxy) is 1. The topological polar surface area (TPSA) is 55.4 Å². The Morgan fingerprint density at radius 1 is 1.44 bits per heavy atom. The second-order valence-corrected chi connectivity index (χ2v) is 7.24. The molecule has 1 unspecified atom stereocenters. The minimum absolute atomic E-state index is 0.0799. The molecule has 0 aromatic carbocycles. The summed E-state index contributed by atoms with van der Waals surface area (Å²) in [5, 5.41) is 3.23. The summed E-state index contributed by atoms with van der Waals surface area (Å²) in [5.41, 5.74) is -0.0799. The van der Waals surface area contributed by atoms with Crippen LogP contribution in [-0.2, 0) is 14.6 Å². The predicted octanol–water partition coefficient (Wildman–Crippen LogP) is 0.968. The number of rotatable bonds is 6. The van der Waals surface area contributed by atoms with Crippen LogP contribution in [0.15, 0.2) is 0 Å². The highest BCUT2D eigenvalue weighted by Gasteiger charge is 2.27. The highest BCUT2D eigenvalue weighted by Crippen LogP contribution is 2.13. The summed E-state index contributed by atoms with van der Waals surface area (Å²) in [4.78, 5) is 0. The summed E-state index contributed by atoms with van der Waals surface area (Å²) in [5.74, 6) is 0.607. The number of nitrogens with one attached hydrogen (secondary N) is 1. The molecule has 0 aliphatic carbocycles. The lowest BCUT2D eigenvalue weighted by molar-refractivity contribution is -0.0185. The first-order valence-electron chi connectivity index (χ1n) is 5.92. The molecule has 1 saturated heterocycles. The molecule has 16 heavy (non-hydrogen) atoms. The van der Waals surface area contributed by atoms with E-state index in [0.717, 1.165) is 19.4 Å². The van der Waals surface area contributed by atoms with Gasteiger partial charge in [-0.25, -0.2) is 8.42 Å². The molecule has 1 aliphatic heterocycles. The van der Waals surface area contributed by atoms with Crippen molar-refractivity contribution in [3.63, 3.8) is 0 Å². The van der Waals surface area contributed by atoms with Crippen LogP contribution < -0.4 is 5.32 Å². The molecule has 4 nitrogen and oxygen atoms in total. The molecule has 1 fully saturated rings.